The second-order valence-electron chi connectivity index (χ2n) is 5.18. The lowest BCUT2D eigenvalue weighted by molar-refractivity contribution is 0.955. The first-order valence-electron chi connectivity index (χ1n) is 7.33. The van der Waals surface area contributed by atoms with E-state index < -0.39 is 0 Å². The van der Waals surface area contributed by atoms with Gasteiger partial charge < -0.3 is 0 Å². The van der Waals surface area contributed by atoms with E-state index in [2.05, 4.69) is 27.7 Å². The summed E-state index contributed by atoms with van der Waals surface area (Å²) in [6, 6.07) is 15.9. The van der Waals surface area contributed by atoms with Gasteiger partial charge in [-0.15, -0.1) is 16.4 Å². The number of hydrogen-bond acceptors (Lipinski definition) is 5. The van der Waals surface area contributed by atoms with Crippen LogP contribution >= 0.6 is 34.7 Å². The molecule has 0 spiro atoms. The van der Waals surface area contributed by atoms with Gasteiger partial charge in [-0.25, -0.2) is 4.98 Å². The third-order valence-corrected chi connectivity index (χ3v) is 5.74. The Hall–Kier alpha value is -1.95. The van der Waals surface area contributed by atoms with E-state index in [-0.39, 0.29) is 0 Å². The van der Waals surface area contributed by atoms with Crippen molar-refractivity contribution >= 4 is 45.5 Å². The van der Waals surface area contributed by atoms with Crippen molar-refractivity contribution in [1.82, 2.24) is 15.2 Å². The summed E-state index contributed by atoms with van der Waals surface area (Å²) in [6.07, 6.45) is 1.79. The second-order valence-corrected chi connectivity index (χ2v) is 7.44. The Labute approximate surface area is 152 Å². The summed E-state index contributed by atoms with van der Waals surface area (Å²) in [4.78, 5) is 4.71. The van der Waals surface area contributed by atoms with Gasteiger partial charge in [0.2, 0.25) is 0 Å². The fourth-order valence-electron chi connectivity index (χ4n) is 2.35. The Kier molecular flexibility index (Phi) is 4.47. The molecule has 24 heavy (non-hydrogen) atoms. The zero-order valence-electron chi connectivity index (χ0n) is 12.5. The maximum atomic E-state index is 5.94. The molecule has 0 fully saturated rings. The Bertz CT molecular complexity index is 978. The molecule has 4 aromatic rings. The number of aromatic nitrogens is 3. The van der Waals surface area contributed by atoms with Crippen LogP contribution in [0, 0.1) is 0 Å². The molecule has 2 aromatic heterocycles. The van der Waals surface area contributed by atoms with E-state index in [0.717, 1.165) is 42.8 Å². The van der Waals surface area contributed by atoms with Crippen LogP contribution in [0.25, 0.3) is 21.3 Å². The van der Waals surface area contributed by atoms with Crippen LogP contribution < -0.4 is 0 Å². The second kappa shape index (κ2) is 6.89. The zero-order valence-corrected chi connectivity index (χ0v) is 14.9. The zero-order chi connectivity index (χ0) is 16.4. The molecule has 0 N–H and O–H groups in total. The van der Waals surface area contributed by atoms with Crippen LogP contribution in [0.3, 0.4) is 0 Å². The molecule has 0 aliphatic heterocycles. The highest BCUT2D eigenvalue weighted by molar-refractivity contribution is 7.98. The number of thioether (sulfide) groups is 1. The first-order chi connectivity index (χ1) is 11.8. The third-order valence-electron chi connectivity index (χ3n) is 3.54. The highest BCUT2D eigenvalue weighted by Gasteiger charge is 2.08. The minimum Gasteiger partial charge on any atom is -0.240 e. The highest BCUT2D eigenvalue weighted by Crippen LogP contribution is 2.30. The van der Waals surface area contributed by atoms with E-state index >= 15 is 0 Å². The first-order valence-corrected chi connectivity index (χ1v) is 9.57. The summed E-state index contributed by atoms with van der Waals surface area (Å²) in [5, 5.41) is 15.4. The molecule has 0 amide bonds. The van der Waals surface area contributed by atoms with E-state index in [0.29, 0.717) is 0 Å². The molecule has 0 radical (unpaired) electrons. The topological polar surface area (TPSA) is 38.7 Å². The van der Waals surface area contributed by atoms with E-state index in [9.17, 15) is 0 Å². The number of hydrogen-bond donors (Lipinski definition) is 0. The Balaban J connectivity index is 1.53. The van der Waals surface area contributed by atoms with Gasteiger partial charge in [0.05, 0.1) is 11.9 Å². The maximum Gasteiger partial charge on any atom is 0.127 e. The van der Waals surface area contributed by atoms with E-state index in [1.165, 1.54) is 0 Å². The molecule has 118 valence electrons. The van der Waals surface area contributed by atoms with Crippen molar-refractivity contribution in [3.8, 4) is 10.6 Å². The van der Waals surface area contributed by atoms with Crippen molar-refractivity contribution < 1.29 is 0 Å². The first kappa shape index (κ1) is 15.6. The van der Waals surface area contributed by atoms with Gasteiger partial charge in [-0.05, 0) is 12.1 Å². The van der Waals surface area contributed by atoms with Crippen molar-refractivity contribution in [2.75, 3.05) is 0 Å². The van der Waals surface area contributed by atoms with Crippen molar-refractivity contribution in [2.45, 2.75) is 10.8 Å². The van der Waals surface area contributed by atoms with Crippen LogP contribution in [0.5, 0.6) is 0 Å². The van der Waals surface area contributed by atoms with E-state index in [1.807, 2.05) is 36.4 Å². The quantitative estimate of drug-likeness (QED) is 0.432. The van der Waals surface area contributed by atoms with Crippen molar-refractivity contribution in [2.24, 2.45) is 0 Å². The number of rotatable bonds is 4. The van der Waals surface area contributed by atoms with Gasteiger partial charge in [-0.1, -0.05) is 59.8 Å². The molecule has 0 aliphatic carbocycles. The average molecular weight is 370 g/mol. The minimum atomic E-state index is 0.737. The molecule has 0 atom stereocenters. The summed E-state index contributed by atoms with van der Waals surface area (Å²) in [6.45, 7) is 0. The van der Waals surface area contributed by atoms with Crippen LogP contribution in [0.15, 0.2) is 65.1 Å². The SMILES string of the molecule is Clc1ccc(-c2nc(CSc3nncc4ccccc34)cs2)cc1. The van der Waals surface area contributed by atoms with Crippen LogP contribution in [-0.4, -0.2) is 15.2 Å². The van der Waals surface area contributed by atoms with Gasteiger partial charge in [0.15, 0.2) is 0 Å². The van der Waals surface area contributed by atoms with Gasteiger partial charge in [-0.2, -0.15) is 5.10 Å². The Morgan fingerprint density at radius 3 is 2.75 bits per heavy atom. The molecule has 2 aromatic carbocycles. The van der Waals surface area contributed by atoms with Crippen LogP contribution in [-0.2, 0) is 5.75 Å². The largest absolute Gasteiger partial charge is 0.240 e. The molecule has 2 heterocycles. The molecule has 0 unspecified atom stereocenters. The fourth-order valence-corrected chi connectivity index (χ4v) is 4.29. The lowest BCUT2D eigenvalue weighted by Crippen LogP contribution is -1.89. The summed E-state index contributed by atoms with van der Waals surface area (Å²) in [5.74, 6) is 0.771. The molecule has 0 saturated heterocycles. The third kappa shape index (κ3) is 3.29. The molecule has 0 bridgehead atoms. The Morgan fingerprint density at radius 1 is 1.04 bits per heavy atom. The van der Waals surface area contributed by atoms with Crippen LogP contribution in [0.2, 0.25) is 5.02 Å². The lowest BCUT2D eigenvalue weighted by atomic mass is 10.2. The number of nitrogens with zero attached hydrogens (tertiary/aromatic N) is 3. The normalized spacial score (nSPS) is 11.0. The smallest absolute Gasteiger partial charge is 0.127 e. The average Bonchev–Trinajstić information content (AvgIpc) is 3.09. The van der Waals surface area contributed by atoms with Gasteiger partial charge in [-0.3, -0.25) is 0 Å². The molecule has 0 aliphatic rings. The highest BCUT2D eigenvalue weighted by atomic mass is 35.5. The molecule has 0 saturated carbocycles. The summed E-state index contributed by atoms with van der Waals surface area (Å²) >= 11 is 9.24. The van der Waals surface area contributed by atoms with Crippen LogP contribution in [0.4, 0.5) is 0 Å². The standard InChI is InChI=1S/C18H12ClN3S2/c19-14-7-5-12(6-8-14)17-21-15(10-23-17)11-24-18-16-4-2-1-3-13(16)9-20-22-18/h1-10H,11H2. The molecule has 3 nitrogen and oxygen atoms in total. The summed E-state index contributed by atoms with van der Waals surface area (Å²) < 4.78 is 0. The monoisotopic (exact) mass is 369 g/mol. The van der Waals surface area contributed by atoms with Gasteiger partial charge in [0.1, 0.15) is 10.0 Å². The van der Waals surface area contributed by atoms with E-state index in [1.54, 1.807) is 29.3 Å². The number of thiazole rings is 1. The predicted octanol–water partition coefficient (Wildman–Crippen LogP) is 5.70. The van der Waals surface area contributed by atoms with Crippen molar-refractivity contribution in [3.63, 3.8) is 0 Å². The molecule has 6 heteroatoms. The van der Waals surface area contributed by atoms with Gasteiger partial charge in [0, 0.05) is 32.5 Å². The van der Waals surface area contributed by atoms with Gasteiger partial charge in [0.25, 0.3) is 0 Å². The minimum absolute atomic E-state index is 0.737. The lowest BCUT2D eigenvalue weighted by Gasteiger charge is -2.02. The number of halogens is 1. The van der Waals surface area contributed by atoms with E-state index in [4.69, 9.17) is 16.6 Å². The van der Waals surface area contributed by atoms with Crippen molar-refractivity contribution in [3.05, 3.63) is 70.8 Å². The predicted molar refractivity (Wildman–Crippen MR) is 102 cm³/mol. The molecule has 4 rings (SSSR count). The van der Waals surface area contributed by atoms with Crippen molar-refractivity contribution in [1.29, 1.82) is 0 Å². The van der Waals surface area contributed by atoms with Gasteiger partial charge >= 0.3 is 0 Å². The summed E-state index contributed by atoms with van der Waals surface area (Å²) in [5.41, 5.74) is 2.13. The summed E-state index contributed by atoms with van der Waals surface area (Å²) in [7, 11) is 0. The molecular weight excluding hydrogens is 358 g/mol. The number of benzene rings is 2. The molecular formula is C18H12ClN3S2. The fraction of sp³-hybridized carbons (Fsp3) is 0.0556. The Morgan fingerprint density at radius 2 is 1.88 bits per heavy atom. The maximum absolute atomic E-state index is 5.94. The number of fused-ring (bicyclic) bond motifs is 1. The van der Waals surface area contributed by atoms with Crippen LogP contribution in [0.1, 0.15) is 5.69 Å².